The fourth-order valence-electron chi connectivity index (χ4n) is 2.29. The topological polar surface area (TPSA) is 113 Å². The first-order chi connectivity index (χ1) is 12.8. The van der Waals surface area contributed by atoms with E-state index in [-0.39, 0.29) is 23.6 Å². The molecule has 8 nitrogen and oxygen atoms in total. The van der Waals surface area contributed by atoms with Crippen molar-refractivity contribution in [1.29, 1.82) is 0 Å². The summed E-state index contributed by atoms with van der Waals surface area (Å²) in [5.41, 5.74) is 5.96. The van der Waals surface area contributed by atoms with E-state index >= 15 is 0 Å². The van der Waals surface area contributed by atoms with Crippen LogP contribution in [0.25, 0.3) is 15.6 Å². The third kappa shape index (κ3) is 4.04. The van der Waals surface area contributed by atoms with Gasteiger partial charge < -0.3 is 5.73 Å². The molecule has 2 N–H and O–H groups in total. The average Bonchev–Trinajstić information content (AvgIpc) is 3.26. The summed E-state index contributed by atoms with van der Waals surface area (Å²) < 4.78 is 38.1. The Labute approximate surface area is 158 Å². The Morgan fingerprint density at radius 1 is 1.33 bits per heavy atom. The highest BCUT2D eigenvalue weighted by molar-refractivity contribution is 7.90. The van der Waals surface area contributed by atoms with Crippen molar-refractivity contribution in [3.05, 3.63) is 59.2 Å². The Morgan fingerprint density at radius 2 is 2.04 bits per heavy atom. The van der Waals surface area contributed by atoms with Crippen molar-refractivity contribution in [2.75, 3.05) is 12.8 Å². The van der Waals surface area contributed by atoms with E-state index in [2.05, 4.69) is 10.1 Å². The molecule has 0 atom stereocenters. The first kappa shape index (κ1) is 19.1. The largest absolute Gasteiger partial charge is 0.352 e. The van der Waals surface area contributed by atoms with Crippen LogP contribution in [0, 0.1) is 0 Å². The summed E-state index contributed by atoms with van der Waals surface area (Å²) in [6, 6.07) is 6.40. The molecule has 0 radical (unpaired) electrons. The molecule has 0 bridgehead atoms. The molecule has 11 heteroatoms. The Hall–Kier alpha value is -2.63. The summed E-state index contributed by atoms with van der Waals surface area (Å²) in [6.45, 7) is -0.0509. The summed E-state index contributed by atoms with van der Waals surface area (Å²) in [7, 11) is -3.27. The minimum atomic E-state index is -3.27. The zero-order chi connectivity index (χ0) is 19.6. The summed E-state index contributed by atoms with van der Waals surface area (Å²) in [4.78, 5) is 17.6. The van der Waals surface area contributed by atoms with Crippen molar-refractivity contribution < 1.29 is 12.8 Å². The average molecular weight is 409 g/mol. The van der Waals surface area contributed by atoms with Gasteiger partial charge in [0, 0.05) is 19.0 Å². The van der Waals surface area contributed by atoms with E-state index in [9.17, 15) is 17.6 Å². The third-order valence-corrected chi connectivity index (χ3v) is 5.94. The van der Waals surface area contributed by atoms with E-state index < -0.39 is 15.5 Å². The molecule has 2 heterocycles. The summed E-state index contributed by atoms with van der Waals surface area (Å²) >= 11 is 1.25. The van der Waals surface area contributed by atoms with Crippen LogP contribution in [-0.4, -0.2) is 40.5 Å². The molecule has 3 aromatic rings. The lowest BCUT2D eigenvalue weighted by molar-refractivity contribution is 0.602. The lowest BCUT2D eigenvalue weighted by Crippen LogP contribution is -2.25. The van der Waals surface area contributed by atoms with Crippen LogP contribution in [0.4, 0.5) is 4.39 Å². The van der Waals surface area contributed by atoms with Crippen molar-refractivity contribution >= 4 is 21.2 Å². The summed E-state index contributed by atoms with van der Waals surface area (Å²) in [6.07, 6.45) is 4.41. The van der Waals surface area contributed by atoms with Crippen LogP contribution in [0.3, 0.4) is 0 Å². The van der Waals surface area contributed by atoms with Gasteiger partial charge in [0.05, 0.1) is 22.6 Å². The Bertz CT molecular complexity index is 1140. The molecule has 0 aliphatic heterocycles. The molecular weight excluding hydrogens is 393 g/mol. The first-order valence-electron chi connectivity index (χ1n) is 7.73. The second-order valence-electron chi connectivity index (χ2n) is 5.72. The second kappa shape index (κ2) is 7.55. The molecule has 2 aromatic heterocycles. The number of aromatic nitrogens is 4. The molecule has 0 saturated heterocycles. The predicted molar refractivity (Wildman–Crippen MR) is 100 cm³/mol. The monoisotopic (exact) mass is 409 g/mol. The lowest BCUT2D eigenvalue weighted by Gasteiger charge is -2.01. The van der Waals surface area contributed by atoms with Crippen molar-refractivity contribution in [1.82, 2.24) is 19.3 Å². The van der Waals surface area contributed by atoms with Gasteiger partial charge in [0.1, 0.15) is 6.33 Å². The van der Waals surface area contributed by atoms with Crippen LogP contribution < -0.4 is 11.4 Å². The first-order valence-corrected chi connectivity index (χ1v) is 10.4. The highest BCUT2D eigenvalue weighted by atomic mass is 32.2. The van der Waals surface area contributed by atoms with Crippen LogP contribution in [0.5, 0.6) is 0 Å². The molecule has 0 saturated carbocycles. The zero-order valence-corrected chi connectivity index (χ0v) is 15.9. The number of thiazole rings is 1. The molecule has 0 aliphatic carbocycles. The van der Waals surface area contributed by atoms with Crippen LogP contribution >= 0.6 is 11.3 Å². The highest BCUT2D eigenvalue weighted by Gasteiger charge is 2.13. The smallest absolute Gasteiger partial charge is 0.327 e. The number of benzene rings is 1. The van der Waals surface area contributed by atoms with Gasteiger partial charge in [0.25, 0.3) is 0 Å². The van der Waals surface area contributed by atoms with Gasteiger partial charge >= 0.3 is 5.69 Å². The van der Waals surface area contributed by atoms with Gasteiger partial charge in [-0.05, 0) is 23.3 Å². The molecule has 0 amide bonds. The van der Waals surface area contributed by atoms with Gasteiger partial charge in [-0.2, -0.15) is 5.10 Å². The van der Waals surface area contributed by atoms with E-state index in [4.69, 9.17) is 5.73 Å². The normalized spacial score (nSPS) is 12.5. The number of halogens is 1. The number of rotatable bonds is 6. The zero-order valence-electron chi connectivity index (χ0n) is 14.2. The van der Waals surface area contributed by atoms with Gasteiger partial charge in [-0.1, -0.05) is 23.5 Å². The number of nitrogens with zero attached hydrogens (tertiary/aromatic N) is 4. The standard InChI is InChI=1S/C16H16FN5O3S2/c1-27(24,25)13-4-2-12(3-5-13)14-8-19-15(26-14)21-10-20-22(16(21)23)9-11(6-17)7-18/h2-6,8,10H,7,9,18H2,1H3/b11-6-. The quantitative estimate of drug-likeness (QED) is 0.658. The molecule has 142 valence electrons. The van der Waals surface area contributed by atoms with Crippen LogP contribution in [0.15, 0.2) is 58.4 Å². The molecule has 1 aromatic carbocycles. The van der Waals surface area contributed by atoms with Crippen molar-refractivity contribution in [3.8, 4) is 15.6 Å². The molecule has 27 heavy (non-hydrogen) atoms. The number of hydrogen-bond acceptors (Lipinski definition) is 7. The Balaban J connectivity index is 1.88. The maximum atomic E-state index is 12.7. The van der Waals surface area contributed by atoms with Gasteiger partial charge in [-0.3, -0.25) is 0 Å². The summed E-state index contributed by atoms with van der Waals surface area (Å²) in [5, 5.41) is 4.35. The third-order valence-electron chi connectivity index (χ3n) is 3.77. The number of hydrogen-bond donors (Lipinski definition) is 1. The van der Waals surface area contributed by atoms with E-state index in [1.807, 2.05) is 0 Å². The maximum absolute atomic E-state index is 12.7. The van der Waals surface area contributed by atoms with E-state index in [0.717, 1.165) is 21.4 Å². The minimum absolute atomic E-state index is 0.0132. The van der Waals surface area contributed by atoms with Crippen LogP contribution in [0.2, 0.25) is 0 Å². The number of nitrogens with two attached hydrogens (primary N) is 1. The van der Waals surface area contributed by atoms with E-state index in [1.165, 1.54) is 34.4 Å². The Morgan fingerprint density at radius 3 is 2.63 bits per heavy atom. The fraction of sp³-hybridized carbons (Fsp3) is 0.188. The molecule has 0 aliphatic rings. The molecule has 0 spiro atoms. The lowest BCUT2D eigenvalue weighted by atomic mass is 10.2. The van der Waals surface area contributed by atoms with Gasteiger partial charge in [0.2, 0.25) is 0 Å². The van der Waals surface area contributed by atoms with Gasteiger partial charge in [-0.25, -0.2) is 31.8 Å². The summed E-state index contributed by atoms with van der Waals surface area (Å²) in [5.74, 6) is 0. The maximum Gasteiger partial charge on any atom is 0.352 e. The molecule has 3 rings (SSSR count). The molecule has 0 fully saturated rings. The SMILES string of the molecule is CS(=O)(=O)c1ccc(-c2cnc(-n3cnn(C/C(=C\F)CN)c3=O)s2)cc1. The van der Waals surface area contributed by atoms with Crippen molar-refractivity contribution in [3.63, 3.8) is 0 Å². The Kier molecular flexibility index (Phi) is 5.35. The van der Waals surface area contributed by atoms with Crippen LogP contribution in [-0.2, 0) is 16.4 Å². The number of sulfone groups is 1. The molecular formula is C16H16FN5O3S2. The second-order valence-corrected chi connectivity index (χ2v) is 8.74. The van der Waals surface area contributed by atoms with E-state index in [0.29, 0.717) is 11.5 Å². The minimum Gasteiger partial charge on any atom is -0.327 e. The van der Waals surface area contributed by atoms with Crippen molar-refractivity contribution in [2.45, 2.75) is 11.4 Å². The van der Waals surface area contributed by atoms with E-state index in [1.54, 1.807) is 18.3 Å². The highest BCUT2D eigenvalue weighted by Crippen LogP contribution is 2.28. The van der Waals surface area contributed by atoms with Gasteiger partial charge in [0.15, 0.2) is 15.0 Å². The van der Waals surface area contributed by atoms with Crippen LogP contribution in [0.1, 0.15) is 0 Å². The predicted octanol–water partition coefficient (Wildman–Crippen LogP) is 1.37. The van der Waals surface area contributed by atoms with Crippen molar-refractivity contribution in [2.24, 2.45) is 5.73 Å². The molecule has 0 unspecified atom stereocenters. The fourth-order valence-corrected chi connectivity index (χ4v) is 3.80. The van der Waals surface area contributed by atoms with Gasteiger partial charge in [-0.15, -0.1) is 0 Å².